The zero-order chi connectivity index (χ0) is 13.8. The van der Waals surface area contributed by atoms with Gasteiger partial charge in [0, 0.05) is 10.0 Å². The zero-order valence-electron chi connectivity index (χ0n) is 11.4. The molecule has 0 heterocycles. The summed E-state index contributed by atoms with van der Waals surface area (Å²) in [6, 6.07) is 12.1. The molecule has 0 aliphatic heterocycles. The Hall–Kier alpha value is -1.48. The molecule has 3 heteroatoms. The van der Waals surface area contributed by atoms with Crippen LogP contribution in [0.3, 0.4) is 0 Å². The van der Waals surface area contributed by atoms with Gasteiger partial charge in [-0.1, -0.05) is 33.6 Å². The highest BCUT2D eigenvalue weighted by Gasteiger charge is 2.06. The second-order valence-corrected chi connectivity index (χ2v) is 5.43. The topological polar surface area (TPSA) is 18.5 Å². The van der Waals surface area contributed by atoms with Gasteiger partial charge in [0.1, 0.15) is 18.1 Å². The molecule has 0 bridgehead atoms. The fraction of sp³-hybridized carbons (Fsp3) is 0.250. The van der Waals surface area contributed by atoms with E-state index in [1.165, 1.54) is 5.56 Å². The molecule has 0 aliphatic rings. The molecule has 19 heavy (non-hydrogen) atoms. The maximum absolute atomic E-state index is 5.89. The van der Waals surface area contributed by atoms with Crippen LogP contribution in [0.1, 0.15) is 16.7 Å². The van der Waals surface area contributed by atoms with Crippen LogP contribution in [0, 0.1) is 13.8 Å². The van der Waals surface area contributed by atoms with Crippen molar-refractivity contribution in [3.8, 4) is 11.5 Å². The van der Waals surface area contributed by atoms with Gasteiger partial charge in [0.15, 0.2) is 0 Å². The average Bonchev–Trinajstić information content (AvgIpc) is 2.40. The maximum atomic E-state index is 5.89. The smallest absolute Gasteiger partial charge is 0.125 e. The van der Waals surface area contributed by atoms with Crippen molar-refractivity contribution in [1.82, 2.24) is 0 Å². The second-order valence-electron chi connectivity index (χ2n) is 4.51. The van der Waals surface area contributed by atoms with Gasteiger partial charge in [-0.2, -0.15) is 0 Å². The van der Waals surface area contributed by atoms with E-state index in [4.69, 9.17) is 9.47 Å². The molecular formula is C16H17BrO2. The summed E-state index contributed by atoms with van der Waals surface area (Å²) in [5.74, 6) is 1.75. The number of hydrogen-bond donors (Lipinski definition) is 0. The van der Waals surface area contributed by atoms with Crippen molar-refractivity contribution in [2.75, 3.05) is 7.11 Å². The SMILES string of the molecule is COc1ccc(C)cc1COc1cc(Br)ccc1C. The van der Waals surface area contributed by atoms with E-state index in [1.54, 1.807) is 7.11 Å². The monoisotopic (exact) mass is 320 g/mol. The highest BCUT2D eigenvalue weighted by Crippen LogP contribution is 2.26. The number of ether oxygens (including phenoxy) is 2. The summed E-state index contributed by atoms with van der Waals surface area (Å²) in [7, 11) is 1.68. The Balaban J connectivity index is 2.18. The quantitative estimate of drug-likeness (QED) is 0.816. The van der Waals surface area contributed by atoms with Crippen LogP contribution in [0.2, 0.25) is 0 Å². The minimum atomic E-state index is 0.502. The molecule has 2 aromatic carbocycles. The molecule has 0 fully saturated rings. The van der Waals surface area contributed by atoms with Gasteiger partial charge in [0.05, 0.1) is 7.11 Å². The predicted molar refractivity (Wildman–Crippen MR) is 80.9 cm³/mol. The number of methoxy groups -OCH3 is 1. The molecule has 2 nitrogen and oxygen atoms in total. The molecule has 0 unspecified atom stereocenters. The van der Waals surface area contributed by atoms with Crippen molar-refractivity contribution in [2.24, 2.45) is 0 Å². The Labute approximate surface area is 122 Å². The van der Waals surface area contributed by atoms with Crippen LogP contribution in [0.25, 0.3) is 0 Å². The van der Waals surface area contributed by atoms with E-state index in [0.717, 1.165) is 27.1 Å². The van der Waals surface area contributed by atoms with E-state index in [2.05, 4.69) is 28.9 Å². The van der Waals surface area contributed by atoms with Crippen LogP contribution < -0.4 is 9.47 Å². The van der Waals surface area contributed by atoms with Crippen molar-refractivity contribution >= 4 is 15.9 Å². The largest absolute Gasteiger partial charge is 0.496 e. The minimum absolute atomic E-state index is 0.502. The Morgan fingerprint density at radius 3 is 2.53 bits per heavy atom. The Morgan fingerprint density at radius 1 is 1.00 bits per heavy atom. The highest BCUT2D eigenvalue weighted by atomic mass is 79.9. The Kier molecular flexibility index (Phi) is 4.48. The van der Waals surface area contributed by atoms with Crippen LogP contribution >= 0.6 is 15.9 Å². The summed E-state index contributed by atoms with van der Waals surface area (Å²) in [5.41, 5.74) is 3.38. The van der Waals surface area contributed by atoms with Crippen molar-refractivity contribution in [3.63, 3.8) is 0 Å². The molecule has 0 saturated carbocycles. The molecular weight excluding hydrogens is 304 g/mol. The molecule has 100 valence electrons. The van der Waals surface area contributed by atoms with Crippen LogP contribution in [0.4, 0.5) is 0 Å². The number of halogens is 1. The third-order valence-electron chi connectivity index (χ3n) is 2.97. The summed E-state index contributed by atoms with van der Waals surface area (Å²) in [6.07, 6.45) is 0. The van der Waals surface area contributed by atoms with Gasteiger partial charge >= 0.3 is 0 Å². The van der Waals surface area contributed by atoms with Crippen LogP contribution in [0.5, 0.6) is 11.5 Å². The van der Waals surface area contributed by atoms with Gasteiger partial charge in [-0.05, 0) is 43.7 Å². The van der Waals surface area contributed by atoms with Gasteiger partial charge in [0.2, 0.25) is 0 Å². The molecule has 0 N–H and O–H groups in total. The van der Waals surface area contributed by atoms with Gasteiger partial charge < -0.3 is 9.47 Å². The van der Waals surface area contributed by atoms with Gasteiger partial charge in [0.25, 0.3) is 0 Å². The summed E-state index contributed by atoms with van der Waals surface area (Å²) in [4.78, 5) is 0. The summed E-state index contributed by atoms with van der Waals surface area (Å²) in [6.45, 7) is 4.60. The van der Waals surface area contributed by atoms with E-state index in [1.807, 2.05) is 37.3 Å². The number of benzene rings is 2. The van der Waals surface area contributed by atoms with Crippen molar-refractivity contribution in [2.45, 2.75) is 20.5 Å². The first-order chi connectivity index (χ1) is 9.10. The van der Waals surface area contributed by atoms with Crippen molar-refractivity contribution < 1.29 is 9.47 Å². The first-order valence-corrected chi connectivity index (χ1v) is 6.92. The molecule has 0 aliphatic carbocycles. The molecule has 0 radical (unpaired) electrons. The fourth-order valence-corrected chi connectivity index (χ4v) is 2.25. The summed E-state index contributed by atoms with van der Waals surface area (Å²) in [5, 5.41) is 0. The van der Waals surface area contributed by atoms with Gasteiger partial charge in [-0.25, -0.2) is 0 Å². The first kappa shape index (κ1) is 13.9. The normalized spacial score (nSPS) is 10.3. The predicted octanol–water partition coefficient (Wildman–Crippen LogP) is 4.65. The molecule has 0 saturated heterocycles. The Morgan fingerprint density at radius 2 is 1.79 bits per heavy atom. The van der Waals surface area contributed by atoms with Crippen LogP contribution in [0.15, 0.2) is 40.9 Å². The second kappa shape index (κ2) is 6.11. The number of rotatable bonds is 4. The van der Waals surface area contributed by atoms with Crippen LogP contribution in [-0.2, 0) is 6.61 Å². The standard InChI is InChI=1S/C16H17BrO2/c1-11-4-7-15(18-3)13(8-11)10-19-16-9-14(17)6-5-12(16)2/h4-9H,10H2,1-3H3. The lowest BCUT2D eigenvalue weighted by Crippen LogP contribution is -2.00. The third kappa shape index (κ3) is 3.51. The van der Waals surface area contributed by atoms with E-state index in [9.17, 15) is 0 Å². The van der Waals surface area contributed by atoms with E-state index in [-0.39, 0.29) is 0 Å². The molecule has 2 aromatic rings. The van der Waals surface area contributed by atoms with Crippen molar-refractivity contribution in [3.05, 3.63) is 57.6 Å². The average molecular weight is 321 g/mol. The van der Waals surface area contributed by atoms with Gasteiger partial charge in [-0.15, -0.1) is 0 Å². The van der Waals surface area contributed by atoms with Crippen LogP contribution in [-0.4, -0.2) is 7.11 Å². The lowest BCUT2D eigenvalue weighted by atomic mass is 10.1. The minimum Gasteiger partial charge on any atom is -0.496 e. The molecule has 0 spiro atoms. The Bertz CT molecular complexity index is 579. The fourth-order valence-electron chi connectivity index (χ4n) is 1.91. The lowest BCUT2D eigenvalue weighted by molar-refractivity contribution is 0.294. The molecule has 0 aromatic heterocycles. The summed E-state index contributed by atoms with van der Waals surface area (Å²) < 4.78 is 12.3. The van der Waals surface area contributed by atoms with Gasteiger partial charge in [-0.3, -0.25) is 0 Å². The maximum Gasteiger partial charge on any atom is 0.125 e. The zero-order valence-corrected chi connectivity index (χ0v) is 13.0. The highest BCUT2D eigenvalue weighted by molar-refractivity contribution is 9.10. The summed E-state index contributed by atoms with van der Waals surface area (Å²) >= 11 is 3.46. The first-order valence-electron chi connectivity index (χ1n) is 6.12. The molecule has 0 atom stereocenters. The van der Waals surface area contributed by atoms with E-state index < -0.39 is 0 Å². The third-order valence-corrected chi connectivity index (χ3v) is 3.46. The van der Waals surface area contributed by atoms with Crippen molar-refractivity contribution in [1.29, 1.82) is 0 Å². The molecule has 0 amide bonds. The lowest BCUT2D eigenvalue weighted by Gasteiger charge is -2.13. The molecule has 2 rings (SSSR count). The van der Waals surface area contributed by atoms with E-state index in [0.29, 0.717) is 6.61 Å². The number of aryl methyl sites for hydroxylation is 2. The van der Waals surface area contributed by atoms with E-state index >= 15 is 0 Å². The number of hydrogen-bond acceptors (Lipinski definition) is 2.